The summed E-state index contributed by atoms with van der Waals surface area (Å²) in [4.78, 5) is 21.8. The van der Waals surface area contributed by atoms with Crippen LogP contribution in [0.5, 0.6) is 0 Å². The van der Waals surface area contributed by atoms with E-state index in [1.807, 2.05) is 37.2 Å². The summed E-state index contributed by atoms with van der Waals surface area (Å²) in [5, 5.41) is 4.05. The van der Waals surface area contributed by atoms with Crippen LogP contribution in [0.1, 0.15) is 53.6 Å². The van der Waals surface area contributed by atoms with Gasteiger partial charge in [0.25, 0.3) is 5.91 Å². The van der Waals surface area contributed by atoms with Crippen molar-refractivity contribution in [1.29, 1.82) is 0 Å². The van der Waals surface area contributed by atoms with Gasteiger partial charge in [-0.2, -0.15) is 0 Å². The van der Waals surface area contributed by atoms with Crippen molar-refractivity contribution in [1.82, 2.24) is 19.9 Å². The van der Waals surface area contributed by atoms with Crippen LogP contribution in [0, 0.1) is 18.8 Å². The lowest BCUT2D eigenvalue weighted by atomic mass is 9.83. The average molecular weight is 383 g/mol. The lowest BCUT2D eigenvalue weighted by Crippen LogP contribution is -2.37. The van der Waals surface area contributed by atoms with Gasteiger partial charge in [-0.15, -0.1) is 0 Å². The molecule has 1 amide bonds. The van der Waals surface area contributed by atoms with Crippen LogP contribution in [0.3, 0.4) is 0 Å². The smallest absolute Gasteiger partial charge is 0.259 e. The van der Waals surface area contributed by atoms with Gasteiger partial charge < -0.3 is 9.42 Å². The SMILES string of the molecule is CCc1noc(C)c1C(=O)N1CC[C@H](C2CCN(Cc3cccnc3)CC2)C1. The predicted molar refractivity (Wildman–Crippen MR) is 107 cm³/mol. The van der Waals surface area contributed by atoms with E-state index in [-0.39, 0.29) is 5.91 Å². The molecule has 4 heterocycles. The van der Waals surface area contributed by atoms with Gasteiger partial charge in [0.05, 0.1) is 5.69 Å². The number of rotatable bonds is 5. The van der Waals surface area contributed by atoms with Crippen molar-refractivity contribution in [2.75, 3.05) is 26.2 Å². The number of carbonyl (C=O) groups is 1. The van der Waals surface area contributed by atoms with Crippen LogP contribution in [0.4, 0.5) is 0 Å². The second kappa shape index (κ2) is 8.43. The summed E-state index contributed by atoms with van der Waals surface area (Å²) in [5.41, 5.74) is 2.76. The molecule has 0 aliphatic carbocycles. The largest absolute Gasteiger partial charge is 0.361 e. The first-order chi connectivity index (χ1) is 13.7. The zero-order valence-corrected chi connectivity index (χ0v) is 16.9. The fraction of sp³-hybridized carbons (Fsp3) is 0.591. The molecule has 150 valence electrons. The molecule has 0 radical (unpaired) electrons. The molecule has 4 rings (SSSR count). The van der Waals surface area contributed by atoms with Crippen LogP contribution in [-0.4, -0.2) is 52.0 Å². The molecule has 0 bridgehead atoms. The molecule has 2 fully saturated rings. The number of hydrogen-bond donors (Lipinski definition) is 0. The highest BCUT2D eigenvalue weighted by Gasteiger charge is 2.35. The second-order valence-corrected chi connectivity index (χ2v) is 8.19. The Balaban J connectivity index is 1.30. The van der Waals surface area contributed by atoms with Crippen LogP contribution in [0.15, 0.2) is 29.0 Å². The van der Waals surface area contributed by atoms with Gasteiger partial charge in [-0.05, 0) is 69.2 Å². The Hall–Kier alpha value is -2.21. The van der Waals surface area contributed by atoms with Crippen molar-refractivity contribution in [3.63, 3.8) is 0 Å². The van der Waals surface area contributed by atoms with E-state index in [2.05, 4.69) is 21.1 Å². The monoisotopic (exact) mass is 382 g/mol. The van der Waals surface area contributed by atoms with Crippen molar-refractivity contribution in [3.05, 3.63) is 47.1 Å². The van der Waals surface area contributed by atoms with E-state index in [0.29, 0.717) is 17.2 Å². The first-order valence-corrected chi connectivity index (χ1v) is 10.5. The maximum Gasteiger partial charge on any atom is 0.259 e. The zero-order chi connectivity index (χ0) is 19.5. The lowest BCUT2D eigenvalue weighted by molar-refractivity contribution is 0.0770. The van der Waals surface area contributed by atoms with Crippen LogP contribution in [0.2, 0.25) is 0 Å². The molecular weight excluding hydrogens is 352 g/mol. The Morgan fingerprint density at radius 3 is 2.71 bits per heavy atom. The Bertz CT molecular complexity index is 796. The van der Waals surface area contributed by atoms with E-state index in [9.17, 15) is 4.79 Å². The highest BCUT2D eigenvalue weighted by Crippen LogP contribution is 2.33. The minimum atomic E-state index is 0.104. The molecule has 2 aliphatic rings. The van der Waals surface area contributed by atoms with Crippen LogP contribution in [-0.2, 0) is 13.0 Å². The minimum Gasteiger partial charge on any atom is -0.361 e. The lowest BCUT2D eigenvalue weighted by Gasteiger charge is -2.34. The number of pyridine rings is 1. The third kappa shape index (κ3) is 3.97. The van der Waals surface area contributed by atoms with E-state index in [1.165, 1.54) is 18.4 Å². The third-order valence-corrected chi connectivity index (χ3v) is 6.42. The van der Waals surface area contributed by atoms with E-state index < -0.39 is 0 Å². The average Bonchev–Trinajstić information content (AvgIpc) is 3.36. The zero-order valence-electron chi connectivity index (χ0n) is 16.9. The normalized spacial score (nSPS) is 21.4. The molecule has 6 nitrogen and oxygen atoms in total. The number of piperidine rings is 1. The quantitative estimate of drug-likeness (QED) is 0.794. The number of likely N-dealkylation sites (tertiary alicyclic amines) is 2. The van der Waals surface area contributed by atoms with E-state index in [4.69, 9.17) is 4.52 Å². The Morgan fingerprint density at radius 1 is 1.21 bits per heavy atom. The van der Waals surface area contributed by atoms with Crippen molar-refractivity contribution in [2.24, 2.45) is 11.8 Å². The summed E-state index contributed by atoms with van der Waals surface area (Å²) < 4.78 is 5.26. The van der Waals surface area contributed by atoms with Gasteiger partial charge in [0.15, 0.2) is 0 Å². The fourth-order valence-electron chi connectivity index (χ4n) is 4.78. The first-order valence-electron chi connectivity index (χ1n) is 10.5. The summed E-state index contributed by atoms with van der Waals surface area (Å²) in [6.07, 6.45) is 8.08. The molecule has 2 aromatic heterocycles. The van der Waals surface area contributed by atoms with E-state index in [1.54, 1.807) is 0 Å². The topological polar surface area (TPSA) is 62.5 Å². The molecule has 28 heavy (non-hydrogen) atoms. The van der Waals surface area contributed by atoms with Crippen LogP contribution >= 0.6 is 0 Å². The highest BCUT2D eigenvalue weighted by atomic mass is 16.5. The summed E-state index contributed by atoms with van der Waals surface area (Å²) in [6, 6.07) is 4.16. The molecule has 0 saturated carbocycles. The van der Waals surface area contributed by atoms with E-state index >= 15 is 0 Å². The van der Waals surface area contributed by atoms with Gasteiger partial charge >= 0.3 is 0 Å². The molecule has 2 aromatic rings. The molecule has 2 aliphatic heterocycles. The maximum atomic E-state index is 13.0. The molecule has 0 aromatic carbocycles. The molecule has 0 spiro atoms. The third-order valence-electron chi connectivity index (χ3n) is 6.42. The van der Waals surface area contributed by atoms with Gasteiger partial charge in [-0.3, -0.25) is 14.7 Å². The molecule has 0 unspecified atom stereocenters. The number of aryl methyl sites for hydroxylation is 2. The summed E-state index contributed by atoms with van der Waals surface area (Å²) >= 11 is 0. The first kappa shape index (κ1) is 19.1. The molecule has 0 N–H and O–H groups in total. The van der Waals surface area contributed by atoms with Crippen molar-refractivity contribution in [3.8, 4) is 0 Å². The van der Waals surface area contributed by atoms with Gasteiger partial charge in [0, 0.05) is 32.0 Å². The number of amides is 1. The molecule has 6 heteroatoms. The summed E-state index contributed by atoms with van der Waals surface area (Å²) in [5.74, 6) is 2.09. The summed E-state index contributed by atoms with van der Waals surface area (Å²) in [6.45, 7) is 8.84. The van der Waals surface area contributed by atoms with Gasteiger partial charge in [0.2, 0.25) is 0 Å². The van der Waals surface area contributed by atoms with Gasteiger partial charge in [-0.1, -0.05) is 18.1 Å². The summed E-state index contributed by atoms with van der Waals surface area (Å²) in [7, 11) is 0. The van der Waals surface area contributed by atoms with Crippen molar-refractivity contribution in [2.45, 2.75) is 46.1 Å². The van der Waals surface area contributed by atoms with Crippen LogP contribution in [0.25, 0.3) is 0 Å². The van der Waals surface area contributed by atoms with Gasteiger partial charge in [0.1, 0.15) is 11.3 Å². The fourth-order valence-corrected chi connectivity index (χ4v) is 4.78. The number of hydrogen-bond acceptors (Lipinski definition) is 5. The Kier molecular flexibility index (Phi) is 5.76. The van der Waals surface area contributed by atoms with E-state index in [0.717, 1.165) is 57.2 Å². The minimum absolute atomic E-state index is 0.104. The second-order valence-electron chi connectivity index (χ2n) is 8.19. The number of carbonyl (C=O) groups excluding carboxylic acids is 1. The predicted octanol–water partition coefficient (Wildman–Crippen LogP) is 3.31. The Labute approximate surface area is 166 Å². The maximum absolute atomic E-state index is 13.0. The van der Waals surface area contributed by atoms with Crippen LogP contribution < -0.4 is 0 Å². The Morgan fingerprint density at radius 2 is 2.00 bits per heavy atom. The number of nitrogens with zero attached hydrogens (tertiary/aromatic N) is 4. The highest BCUT2D eigenvalue weighted by molar-refractivity contribution is 5.96. The van der Waals surface area contributed by atoms with Gasteiger partial charge in [-0.25, -0.2) is 0 Å². The number of aromatic nitrogens is 2. The standard InChI is InChI=1S/C22H30N4O2/c1-3-20-21(16(2)28-24-20)22(27)26-12-8-19(15-26)18-6-10-25(11-7-18)14-17-5-4-9-23-13-17/h4-5,9,13,18-19H,3,6-8,10-12,14-15H2,1-2H3/t19-/m0/s1. The molecule has 2 saturated heterocycles. The molecular formula is C22H30N4O2. The van der Waals surface area contributed by atoms with Crippen molar-refractivity contribution < 1.29 is 9.32 Å². The van der Waals surface area contributed by atoms with Crippen molar-refractivity contribution >= 4 is 5.91 Å². The molecule has 1 atom stereocenters.